The van der Waals surface area contributed by atoms with Gasteiger partial charge in [0.25, 0.3) is 0 Å². The van der Waals surface area contributed by atoms with Crippen molar-refractivity contribution < 1.29 is 4.79 Å². The standard InChI is InChI=1S/C13H8Cl2O/c14-12-4-1-9(2-5-12)10-3-6-13(15)11(7-10)8-16/h1-8H. The van der Waals surface area contributed by atoms with E-state index in [9.17, 15) is 4.79 Å². The lowest BCUT2D eigenvalue weighted by atomic mass is 10.0. The van der Waals surface area contributed by atoms with Gasteiger partial charge in [0.1, 0.15) is 0 Å². The summed E-state index contributed by atoms with van der Waals surface area (Å²) in [7, 11) is 0. The van der Waals surface area contributed by atoms with Gasteiger partial charge in [-0.25, -0.2) is 0 Å². The molecule has 2 aromatic carbocycles. The highest BCUT2D eigenvalue weighted by Crippen LogP contribution is 2.25. The summed E-state index contributed by atoms with van der Waals surface area (Å²) in [4.78, 5) is 10.8. The normalized spacial score (nSPS) is 10.1. The van der Waals surface area contributed by atoms with E-state index in [4.69, 9.17) is 23.2 Å². The SMILES string of the molecule is O=Cc1cc(-c2ccc(Cl)cc2)ccc1Cl. The molecule has 0 atom stereocenters. The molecule has 0 aliphatic rings. The first-order valence-electron chi connectivity index (χ1n) is 4.71. The number of carbonyl (C=O) groups excluding carboxylic acids is 1. The molecule has 0 radical (unpaired) electrons. The Hall–Kier alpha value is -1.31. The second kappa shape index (κ2) is 4.69. The van der Waals surface area contributed by atoms with E-state index in [2.05, 4.69) is 0 Å². The van der Waals surface area contributed by atoms with Gasteiger partial charge in [-0.15, -0.1) is 0 Å². The van der Waals surface area contributed by atoms with Gasteiger partial charge in [0.15, 0.2) is 6.29 Å². The van der Waals surface area contributed by atoms with Gasteiger partial charge in [-0.3, -0.25) is 4.79 Å². The Morgan fingerprint density at radius 3 is 2.12 bits per heavy atom. The third kappa shape index (κ3) is 2.26. The smallest absolute Gasteiger partial charge is 0.151 e. The summed E-state index contributed by atoms with van der Waals surface area (Å²) in [6.07, 6.45) is 0.752. The van der Waals surface area contributed by atoms with Crippen molar-refractivity contribution in [1.82, 2.24) is 0 Å². The van der Waals surface area contributed by atoms with Crippen LogP contribution < -0.4 is 0 Å². The number of carbonyl (C=O) groups is 1. The van der Waals surface area contributed by atoms with Crippen molar-refractivity contribution in [1.29, 1.82) is 0 Å². The molecule has 80 valence electrons. The zero-order valence-electron chi connectivity index (χ0n) is 8.28. The Balaban J connectivity index is 2.48. The Kier molecular flexibility index (Phi) is 3.28. The van der Waals surface area contributed by atoms with Crippen molar-refractivity contribution >= 4 is 29.5 Å². The zero-order valence-corrected chi connectivity index (χ0v) is 9.79. The van der Waals surface area contributed by atoms with Crippen LogP contribution in [0.25, 0.3) is 11.1 Å². The van der Waals surface area contributed by atoms with E-state index in [1.165, 1.54) is 0 Å². The second-order valence-corrected chi connectivity index (χ2v) is 4.20. The topological polar surface area (TPSA) is 17.1 Å². The molecule has 0 N–H and O–H groups in total. The molecule has 0 spiro atoms. The van der Waals surface area contributed by atoms with Gasteiger partial charge in [0.2, 0.25) is 0 Å². The second-order valence-electron chi connectivity index (χ2n) is 3.36. The van der Waals surface area contributed by atoms with E-state index >= 15 is 0 Å². The monoisotopic (exact) mass is 250 g/mol. The molecule has 0 unspecified atom stereocenters. The third-order valence-electron chi connectivity index (χ3n) is 2.30. The molecule has 0 amide bonds. The molecule has 0 saturated carbocycles. The molecule has 3 heteroatoms. The average molecular weight is 251 g/mol. The fraction of sp³-hybridized carbons (Fsp3) is 0. The maximum atomic E-state index is 10.8. The van der Waals surface area contributed by atoms with Crippen LogP contribution in [0.4, 0.5) is 0 Å². The highest BCUT2D eigenvalue weighted by molar-refractivity contribution is 6.33. The summed E-state index contributed by atoms with van der Waals surface area (Å²) in [6.45, 7) is 0. The lowest BCUT2D eigenvalue weighted by Gasteiger charge is -2.03. The number of halogens is 2. The lowest BCUT2D eigenvalue weighted by Crippen LogP contribution is -1.84. The number of hydrogen-bond donors (Lipinski definition) is 0. The largest absolute Gasteiger partial charge is 0.298 e. The Labute approximate surface area is 104 Å². The summed E-state index contributed by atoms with van der Waals surface area (Å²) in [6, 6.07) is 12.8. The van der Waals surface area contributed by atoms with Crippen LogP contribution in [0.5, 0.6) is 0 Å². The van der Waals surface area contributed by atoms with E-state index in [-0.39, 0.29) is 0 Å². The molecule has 1 nitrogen and oxygen atoms in total. The highest BCUT2D eigenvalue weighted by Gasteiger charge is 2.02. The highest BCUT2D eigenvalue weighted by atomic mass is 35.5. The van der Waals surface area contributed by atoms with E-state index in [1.54, 1.807) is 12.1 Å². The Bertz CT molecular complexity index is 518. The number of benzene rings is 2. The number of rotatable bonds is 2. The van der Waals surface area contributed by atoms with Crippen molar-refractivity contribution in [3.8, 4) is 11.1 Å². The van der Waals surface area contributed by atoms with E-state index in [0.717, 1.165) is 17.4 Å². The summed E-state index contributed by atoms with van der Waals surface area (Å²) in [5, 5.41) is 1.15. The van der Waals surface area contributed by atoms with Crippen LogP contribution in [0, 0.1) is 0 Å². The van der Waals surface area contributed by atoms with Crippen molar-refractivity contribution in [3.05, 3.63) is 58.1 Å². The first-order valence-corrected chi connectivity index (χ1v) is 5.47. The van der Waals surface area contributed by atoms with Gasteiger partial charge in [0.05, 0.1) is 5.02 Å². The van der Waals surface area contributed by atoms with E-state index in [1.807, 2.05) is 30.3 Å². The number of hydrogen-bond acceptors (Lipinski definition) is 1. The first kappa shape index (κ1) is 11.2. The Morgan fingerprint density at radius 2 is 1.50 bits per heavy atom. The minimum absolute atomic E-state index is 0.465. The molecule has 0 bridgehead atoms. The van der Waals surface area contributed by atoms with Gasteiger partial charge in [-0.1, -0.05) is 41.4 Å². The van der Waals surface area contributed by atoms with Crippen molar-refractivity contribution in [2.45, 2.75) is 0 Å². The summed E-state index contributed by atoms with van der Waals surface area (Å²) in [5.41, 5.74) is 2.45. The van der Waals surface area contributed by atoms with E-state index < -0.39 is 0 Å². The first-order chi connectivity index (χ1) is 7.70. The maximum absolute atomic E-state index is 10.8. The predicted molar refractivity (Wildman–Crippen MR) is 67.3 cm³/mol. The molecule has 0 heterocycles. The summed E-state index contributed by atoms with van der Waals surface area (Å²) >= 11 is 11.7. The molecule has 0 aliphatic carbocycles. The Morgan fingerprint density at radius 1 is 0.875 bits per heavy atom. The third-order valence-corrected chi connectivity index (χ3v) is 2.90. The van der Waals surface area contributed by atoms with Crippen LogP contribution in [0.15, 0.2) is 42.5 Å². The summed E-state index contributed by atoms with van der Waals surface area (Å²) in [5.74, 6) is 0. The lowest BCUT2D eigenvalue weighted by molar-refractivity contribution is 0.112. The van der Waals surface area contributed by atoms with Crippen LogP contribution in [0.3, 0.4) is 0 Å². The van der Waals surface area contributed by atoms with Gasteiger partial charge in [-0.05, 0) is 35.4 Å². The van der Waals surface area contributed by atoms with Gasteiger partial charge in [-0.2, -0.15) is 0 Å². The molecule has 0 aliphatic heterocycles. The maximum Gasteiger partial charge on any atom is 0.151 e. The minimum Gasteiger partial charge on any atom is -0.298 e. The quantitative estimate of drug-likeness (QED) is 0.719. The van der Waals surface area contributed by atoms with Crippen molar-refractivity contribution in [3.63, 3.8) is 0 Å². The molecular weight excluding hydrogens is 243 g/mol. The molecule has 0 saturated heterocycles. The minimum atomic E-state index is 0.465. The van der Waals surface area contributed by atoms with Crippen LogP contribution >= 0.6 is 23.2 Å². The zero-order chi connectivity index (χ0) is 11.5. The summed E-state index contributed by atoms with van der Waals surface area (Å²) < 4.78 is 0. The van der Waals surface area contributed by atoms with Gasteiger partial charge in [0, 0.05) is 10.6 Å². The van der Waals surface area contributed by atoms with Crippen LogP contribution in [-0.2, 0) is 0 Å². The van der Waals surface area contributed by atoms with Crippen LogP contribution in [0.2, 0.25) is 10.0 Å². The molecule has 16 heavy (non-hydrogen) atoms. The molecule has 0 aromatic heterocycles. The van der Waals surface area contributed by atoms with Crippen molar-refractivity contribution in [2.24, 2.45) is 0 Å². The molecule has 0 fully saturated rings. The molecule has 2 aromatic rings. The van der Waals surface area contributed by atoms with Crippen LogP contribution in [-0.4, -0.2) is 6.29 Å². The van der Waals surface area contributed by atoms with Gasteiger partial charge >= 0.3 is 0 Å². The van der Waals surface area contributed by atoms with Crippen LogP contribution in [0.1, 0.15) is 10.4 Å². The fourth-order valence-corrected chi connectivity index (χ4v) is 1.74. The molecular formula is C13H8Cl2O. The molecule has 2 rings (SSSR count). The van der Waals surface area contributed by atoms with Crippen molar-refractivity contribution in [2.75, 3.05) is 0 Å². The fourth-order valence-electron chi connectivity index (χ4n) is 1.46. The number of aldehydes is 1. The average Bonchev–Trinajstić information content (AvgIpc) is 2.31. The van der Waals surface area contributed by atoms with Gasteiger partial charge < -0.3 is 0 Å². The predicted octanol–water partition coefficient (Wildman–Crippen LogP) is 4.47. The van der Waals surface area contributed by atoms with E-state index in [0.29, 0.717) is 15.6 Å².